The SMILES string of the molecule is O=C(c1cc(-c2ccccc2Cl)n[nH]1)N1CCN(Cc2ccccc2)CC1. The van der Waals surface area contributed by atoms with Crippen molar-refractivity contribution < 1.29 is 4.79 Å². The van der Waals surface area contributed by atoms with Crippen LogP contribution in [0.3, 0.4) is 0 Å². The van der Waals surface area contributed by atoms with Crippen molar-refractivity contribution in [2.45, 2.75) is 6.54 Å². The molecule has 1 fully saturated rings. The predicted octanol–water partition coefficient (Wildman–Crippen LogP) is 3.69. The van der Waals surface area contributed by atoms with Crippen LogP contribution in [0.15, 0.2) is 60.7 Å². The molecule has 5 nitrogen and oxygen atoms in total. The van der Waals surface area contributed by atoms with Gasteiger partial charge in [-0.15, -0.1) is 0 Å². The Morgan fingerprint density at radius 2 is 1.70 bits per heavy atom. The van der Waals surface area contributed by atoms with Crippen molar-refractivity contribution in [2.24, 2.45) is 0 Å². The third-order valence-electron chi connectivity index (χ3n) is 4.87. The Balaban J connectivity index is 1.38. The monoisotopic (exact) mass is 380 g/mol. The van der Waals surface area contributed by atoms with E-state index in [-0.39, 0.29) is 5.91 Å². The van der Waals surface area contributed by atoms with E-state index in [1.165, 1.54) is 5.56 Å². The normalized spacial score (nSPS) is 15.1. The highest BCUT2D eigenvalue weighted by Crippen LogP contribution is 2.26. The van der Waals surface area contributed by atoms with E-state index in [4.69, 9.17) is 11.6 Å². The molecule has 0 saturated carbocycles. The Hall–Kier alpha value is -2.63. The first-order valence-electron chi connectivity index (χ1n) is 9.06. The maximum Gasteiger partial charge on any atom is 0.271 e. The number of carbonyl (C=O) groups is 1. The average molecular weight is 381 g/mol. The van der Waals surface area contributed by atoms with Crippen LogP contribution in [-0.2, 0) is 6.54 Å². The lowest BCUT2D eigenvalue weighted by atomic mass is 10.1. The van der Waals surface area contributed by atoms with Gasteiger partial charge in [0.05, 0.1) is 10.7 Å². The van der Waals surface area contributed by atoms with Crippen molar-refractivity contribution in [3.05, 3.63) is 76.9 Å². The second-order valence-corrected chi connectivity index (χ2v) is 7.11. The third kappa shape index (κ3) is 4.04. The fraction of sp³-hybridized carbons (Fsp3) is 0.238. The van der Waals surface area contributed by atoms with Crippen LogP contribution in [0.2, 0.25) is 5.02 Å². The van der Waals surface area contributed by atoms with E-state index in [9.17, 15) is 4.79 Å². The minimum atomic E-state index is -0.0137. The summed E-state index contributed by atoms with van der Waals surface area (Å²) in [5, 5.41) is 7.76. The van der Waals surface area contributed by atoms with Crippen molar-refractivity contribution in [3.63, 3.8) is 0 Å². The molecule has 0 aliphatic carbocycles. The van der Waals surface area contributed by atoms with Crippen molar-refractivity contribution in [1.82, 2.24) is 20.0 Å². The molecule has 1 N–H and O–H groups in total. The Bertz CT molecular complexity index is 917. The molecule has 2 aromatic carbocycles. The van der Waals surface area contributed by atoms with E-state index in [0.717, 1.165) is 25.2 Å². The van der Waals surface area contributed by atoms with E-state index in [2.05, 4.69) is 39.4 Å². The summed E-state index contributed by atoms with van der Waals surface area (Å²) in [6, 6.07) is 19.7. The van der Waals surface area contributed by atoms with Crippen LogP contribution >= 0.6 is 11.6 Å². The summed E-state index contributed by atoms with van der Waals surface area (Å²) in [6.07, 6.45) is 0. The average Bonchev–Trinajstić information content (AvgIpc) is 3.19. The number of hydrogen-bond donors (Lipinski definition) is 1. The maximum atomic E-state index is 12.8. The molecule has 1 saturated heterocycles. The number of amides is 1. The summed E-state index contributed by atoms with van der Waals surface area (Å²) in [7, 11) is 0. The highest BCUT2D eigenvalue weighted by atomic mass is 35.5. The minimum absolute atomic E-state index is 0.0137. The number of nitrogens with zero attached hydrogens (tertiary/aromatic N) is 3. The number of H-pyrrole nitrogens is 1. The van der Waals surface area contributed by atoms with Crippen LogP contribution in [0, 0.1) is 0 Å². The quantitative estimate of drug-likeness (QED) is 0.751. The van der Waals surface area contributed by atoms with Gasteiger partial charge in [-0.05, 0) is 17.7 Å². The smallest absolute Gasteiger partial charge is 0.271 e. The summed E-state index contributed by atoms with van der Waals surface area (Å²) in [6.45, 7) is 4.08. The summed E-state index contributed by atoms with van der Waals surface area (Å²) < 4.78 is 0. The Morgan fingerprint density at radius 1 is 1.00 bits per heavy atom. The second kappa shape index (κ2) is 7.94. The van der Waals surface area contributed by atoms with Gasteiger partial charge in [0, 0.05) is 38.3 Å². The lowest BCUT2D eigenvalue weighted by Gasteiger charge is -2.34. The van der Waals surface area contributed by atoms with Gasteiger partial charge in [0.2, 0.25) is 0 Å². The van der Waals surface area contributed by atoms with Gasteiger partial charge >= 0.3 is 0 Å². The lowest BCUT2D eigenvalue weighted by Crippen LogP contribution is -2.48. The number of benzene rings is 2. The molecule has 1 aliphatic heterocycles. The standard InChI is InChI=1S/C21H21ClN4O/c22-18-9-5-4-8-17(18)19-14-20(24-23-19)21(27)26-12-10-25(11-13-26)15-16-6-2-1-3-7-16/h1-9,14H,10-13,15H2,(H,23,24). The molecule has 1 amide bonds. The van der Waals surface area contributed by atoms with Gasteiger partial charge in [-0.1, -0.05) is 60.1 Å². The lowest BCUT2D eigenvalue weighted by molar-refractivity contribution is 0.0622. The number of aromatic nitrogens is 2. The summed E-state index contributed by atoms with van der Waals surface area (Å²) in [5.41, 5.74) is 3.31. The molecule has 0 bridgehead atoms. The number of piperazine rings is 1. The van der Waals surface area contributed by atoms with E-state index < -0.39 is 0 Å². The van der Waals surface area contributed by atoms with Crippen molar-refractivity contribution in [1.29, 1.82) is 0 Å². The predicted molar refractivity (Wildman–Crippen MR) is 107 cm³/mol. The van der Waals surface area contributed by atoms with Gasteiger partial charge in [0.25, 0.3) is 5.91 Å². The first kappa shape index (κ1) is 17.8. The van der Waals surface area contributed by atoms with Crippen LogP contribution in [0.25, 0.3) is 11.3 Å². The molecule has 0 radical (unpaired) electrons. The van der Waals surface area contributed by atoms with Crippen LogP contribution in [0.1, 0.15) is 16.1 Å². The van der Waals surface area contributed by atoms with Crippen LogP contribution < -0.4 is 0 Å². The molecular weight excluding hydrogens is 360 g/mol. The largest absolute Gasteiger partial charge is 0.335 e. The molecule has 1 aliphatic rings. The van der Waals surface area contributed by atoms with Gasteiger partial charge < -0.3 is 4.90 Å². The molecule has 1 aromatic heterocycles. The molecule has 6 heteroatoms. The number of nitrogens with one attached hydrogen (secondary N) is 1. The number of halogens is 1. The van der Waals surface area contributed by atoms with E-state index >= 15 is 0 Å². The summed E-state index contributed by atoms with van der Waals surface area (Å²) in [4.78, 5) is 17.1. The molecule has 0 unspecified atom stereocenters. The zero-order valence-electron chi connectivity index (χ0n) is 14.9. The molecule has 138 valence electrons. The van der Waals surface area contributed by atoms with Gasteiger partial charge in [-0.3, -0.25) is 14.8 Å². The van der Waals surface area contributed by atoms with Crippen molar-refractivity contribution in [3.8, 4) is 11.3 Å². The Labute approximate surface area is 163 Å². The fourth-order valence-electron chi connectivity index (χ4n) is 3.36. The third-order valence-corrected chi connectivity index (χ3v) is 5.20. The second-order valence-electron chi connectivity index (χ2n) is 6.70. The Morgan fingerprint density at radius 3 is 2.44 bits per heavy atom. The maximum absolute atomic E-state index is 12.8. The zero-order valence-corrected chi connectivity index (χ0v) is 15.7. The number of hydrogen-bond acceptors (Lipinski definition) is 3. The van der Waals surface area contributed by atoms with Gasteiger partial charge in [0.1, 0.15) is 5.69 Å². The van der Waals surface area contributed by atoms with Gasteiger partial charge in [-0.2, -0.15) is 5.10 Å². The number of rotatable bonds is 4. The molecule has 0 atom stereocenters. The van der Waals surface area contributed by atoms with E-state index in [1.807, 2.05) is 35.2 Å². The fourth-order valence-corrected chi connectivity index (χ4v) is 3.59. The van der Waals surface area contributed by atoms with E-state index in [0.29, 0.717) is 29.5 Å². The zero-order chi connectivity index (χ0) is 18.6. The molecule has 27 heavy (non-hydrogen) atoms. The number of carbonyl (C=O) groups excluding carboxylic acids is 1. The topological polar surface area (TPSA) is 52.2 Å². The van der Waals surface area contributed by atoms with Crippen LogP contribution in [0.4, 0.5) is 0 Å². The number of aromatic amines is 1. The highest BCUT2D eigenvalue weighted by Gasteiger charge is 2.23. The minimum Gasteiger partial charge on any atom is -0.335 e. The van der Waals surface area contributed by atoms with Crippen LogP contribution in [0.5, 0.6) is 0 Å². The summed E-state index contributed by atoms with van der Waals surface area (Å²) in [5.74, 6) is -0.0137. The van der Waals surface area contributed by atoms with Gasteiger partial charge in [-0.25, -0.2) is 0 Å². The first-order valence-corrected chi connectivity index (χ1v) is 9.44. The van der Waals surface area contributed by atoms with Crippen molar-refractivity contribution >= 4 is 17.5 Å². The molecule has 3 aromatic rings. The molecule has 4 rings (SSSR count). The molecule has 0 spiro atoms. The van der Waals surface area contributed by atoms with Crippen molar-refractivity contribution in [2.75, 3.05) is 26.2 Å². The first-order chi connectivity index (χ1) is 13.2. The van der Waals surface area contributed by atoms with Gasteiger partial charge in [0.15, 0.2) is 0 Å². The van der Waals surface area contributed by atoms with Crippen LogP contribution in [-0.4, -0.2) is 52.1 Å². The Kier molecular flexibility index (Phi) is 5.23. The highest BCUT2D eigenvalue weighted by molar-refractivity contribution is 6.33. The summed E-state index contributed by atoms with van der Waals surface area (Å²) >= 11 is 6.22. The van der Waals surface area contributed by atoms with E-state index in [1.54, 1.807) is 6.07 Å². The molecular formula is C21H21ClN4O. The molecule has 2 heterocycles.